The van der Waals surface area contributed by atoms with Crippen LogP contribution < -0.4 is 0 Å². The van der Waals surface area contributed by atoms with Gasteiger partial charge in [0, 0.05) is 72.0 Å². The van der Waals surface area contributed by atoms with E-state index in [1.165, 1.54) is 6.08 Å². The van der Waals surface area contributed by atoms with Crippen LogP contribution in [0.3, 0.4) is 0 Å². The molecule has 4 rings (SSSR count). The number of aliphatic hydroxyl groups excluding tert-OH is 5. The van der Waals surface area contributed by atoms with Gasteiger partial charge in [-0.2, -0.15) is 0 Å². The minimum Gasteiger partial charge on any atom is -0.456 e. The molecule has 0 spiro atoms. The molecule has 18 unspecified atom stereocenters. The normalized spacial score (nSPS) is 40.4. The predicted molar refractivity (Wildman–Crippen MR) is 226 cm³/mol. The highest BCUT2D eigenvalue weighted by Crippen LogP contribution is 2.37. The Morgan fingerprint density at radius 1 is 0.869 bits per heavy atom. The quantitative estimate of drug-likeness (QED) is 0.132. The molecule has 4 heterocycles. The average Bonchev–Trinajstić information content (AvgIpc) is 3.24. The second kappa shape index (κ2) is 25.0. The van der Waals surface area contributed by atoms with Crippen LogP contribution in [0.1, 0.15) is 98.8 Å². The van der Waals surface area contributed by atoms with Crippen molar-refractivity contribution in [3.63, 3.8) is 0 Å². The number of fused-ring (bicyclic) bond motifs is 2. The molecule has 0 aromatic heterocycles. The molecule has 2 saturated heterocycles. The van der Waals surface area contributed by atoms with E-state index < -0.39 is 78.5 Å². The number of methoxy groups -OCH3 is 4. The van der Waals surface area contributed by atoms with Crippen LogP contribution in [0.2, 0.25) is 0 Å². The molecule has 18 atom stereocenters. The lowest BCUT2D eigenvalue weighted by atomic mass is 9.76. The molecule has 0 aromatic carbocycles. The highest BCUT2D eigenvalue weighted by atomic mass is 16.7. The van der Waals surface area contributed by atoms with Crippen LogP contribution in [0.25, 0.3) is 0 Å². The first-order valence-corrected chi connectivity index (χ1v) is 22.3. The van der Waals surface area contributed by atoms with E-state index in [4.69, 9.17) is 42.6 Å². The molecule has 5 N–H and O–H groups in total. The zero-order chi connectivity index (χ0) is 44.9. The fourth-order valence-electron chi connectivity index (χ4n) is 9.39. The van der Waals surface area contributed by atoms with Gasteiger partial charge in [0.15, 0.2) is 6.29 Å². The molecule has 0 aliphatic carbocycles. The van der Waals surface area contributed by atoms with E-state index in [2.05, 4.69) is 13.0 Å². The Hall–Kier alpha value is -1.83. The van der Waals surface area contributed by atoms with Crippen molar-refractivity contribution in [1.29, 1.82) is 0 Å². The summed E-state index contributed by atoms with van der Waals surface area (Å²) < 4.78 is 54.8. The lowest BCUT2D eigenvalue weighted by molar-refractivity contribution is -0.284. The number of rotatable bonds is 13. The summed E-state index contributed by atoms with van der Waals surface area (Å²) >= 11 is 0. The van der Waals surface area contributed by atoms with Gasteiger partial charge >= 0.3 is 5.97 Å². The minimum atomic E-state index is -1.47. The van der Waals surface area contributed by atoms with Gasteiger partial charge in [0.25, 0.3) is 0 Å². The maximum absolute atomic E-state index is 13.8. The molecule has 4 aliphatic rings. The number of ether oxygens (including phenoxy) is 9. The first-order chi connectivity index (χ1) is 29.0. The first kappa shape index (κ1) is 51.8. The number of esters is 1. The topological polar surface area (TPSA) is 201 Å². The maximum Gasteiger partial charge on any atom is 0.331 e. The summed E-state index contributed by atoms with van der Waals surface area (Å²) in [5.74, 6) is -1.73. The highest BCUT2D eigenvalue weighted by Gasteiger charge is 2.45. The van der Waals surface area contributed by atoms with Gasteiger partial charge in [0.2, 0.25) is 0 Å². The van der Waals surface area contributed by atoms with Crippen LogP contribution >= 0.6 is 0 Å². The van der Waals surface area contributed by atoms with E-state index in [1.807, 2.05) is 39.8 Å². The lowest BCUT2D eigenvalue weighted by Gasteiger charge is -2.42. The number of hydrogen-bond acceptors (Lipinski definition) is 15. The maximum atomic E-state index is 13.8. The molecule has 15 nitrogen and oxygen atoms in total. The summed E-state index contributed by atoms with van der Waals surface area (Å²) in [6.07, 6.45) is 5.80. The zero-order valence-corrected chi connectivity index (χ0v) is 38.0. The van der Waals surface area contributed by atoms with Crippen molar-refractivity contribution in [3.8, 4) is 0 Å². The third kappa shape index (κ3) is 15.1. The fourth-order valence-corrected chi connectivity index (χ4v) is 9.39. The zero-order valence-electron chi connectivity index (χ0n) is 38.0. The number of hydrogen-bond donors (Lipinski definition) is 5. The average molecular weight is 871 g/mol. The van der Waals surface area contributed by atoms with Crippen molar-refractivity contribution in [2.75, 3.05) is 41.7 Å². The smallest absolute Gasteiger partial charge is 0.331 e. The number of carbonyl (C=O) groups excluding carboxylic acids is 1. The molecule has 0 saturated carbocycles. The van der Waals surface area contributed by atoms with Gasteiger partial charge in [-0.25, -0.2) is 4.79 Å². The van der Waals surface area contributed by atoms with Gasteiger partial charge in [-0.15, -0.1) is 0 Å². The van der Waals surface area contributed by atoms with Gasteiger partial charge in [0.1, 0.15) is 23.9 Å². The predicted octanol–water partition coefficient (Wildman–Crippen LogP) is 3.94. The second-order valence-electron chi connectivity index (χ2n) is 18.1. The van der Waals surface area contributed by atoms with E-state index >= 15 is 0 Å². The Kier molecular flexibility index (Phi) is 21.2. The van der Waals surface area contributed by atoms with Crippen LogP contribution in [0, 0.1) is 17.8 Å². The van der Waals surface area contributed by atoms with E-state index in [-0.39, 0.29) is 56.1 Å². The summed E-state index contributed by atoms with van der Waals surface area (Å²) in [4.78, 5) is 13.8. The second-order valence-corrected chi connectivity index (χ2v) is 18.1. The van der Waals surface area contributed by atoms with Crippen molar-refractivity contribution in [2.45, 2.75) is 190 Å². The third-order valence-electron chi connectivity index (χ3n) is 13.5. The minimum absolute atomic E-state index is 0.0241. The van der Waals surface area contributed by atoms with Gasteiger partial charge in [-0.1, -0.05) is 43.7 Å². The monoisotopic (exact) mass is 871 g/mol. The van der Waals surface area contributed by atoms with Crippen molar-refractivity contribution in [1.82, 2.24) is 0 Å². The fraction of sp³-hybridized carbons (Fsp3) is 0.848. The lowest BCUT2D eigenvalue weighted by Crippen LogP contribution is -2.54. The SMILES string of the molecule is COC1CC(C)OC(CCC(C)C(O)C(C)C2(C)CC(OC)CC(OC)C(CO)C(OC)CC3CC=CC(CC(OC4OCC(O)C(O)C4O)CC=C(C)C=CC(=O)O2)O3)C1. The van der Waals surface area contributed by atoms with E-state index in [0.717, 1.165) is 24.8 Å². The third-order valence-corrected chi connectivity index (χ3v) is 13.5. The Morgan fingerprint density at radius 2 is 1.57 bits per heavy atom. The number of allylic oxidation sites excluding steroid dienone is 2. The largest absolute Gasteiger partial charge is 0.456 e. The summed E-state index contributed by atoms with van der Waals surface area (Å²) in [6.45, 7) is 9.22. The molecule has 352 valence electrons. The Bertz CT molecular complexity index is 1390. The molecular weight excluding hydrogens is 792 g/mol. The summed E-state index contributed by atoms with van der Waals surface area (Å²) in [5.41, 5.74) is -0.457. The summed E-state index contributed by atoms with van der Waals surface area (Å²) in [7, 11) is 6.52. The van der Waals surface area contributed by atoms with E-state index in [1.54, 1.807) is 34.5 Å². The van der Waals surface area contributed by atoms with Crippen LogP contribution in [-0.4, -0.2) is 164 Å². The number of carbonyl (C=O) groups is 1. The van der Waals surface area contributed by atoms with E-state index in [9.17, 15) is 30.3 Å². The summed E-state index contributed by atoms with van der Waals surface area (Å²) in [5, 5.41) is 53.8. The van der Waals surface area contributed by atoms with E-state index in [0.29, 0.717) is 38.5 Å². The number of aliphatic hydroxyl groups is 5. The molecule has 0 aromatic rings. The van der Waals surface area contributed by atoms with Crippen molar-refractivity contribution < 1.29 is 73.0 Å². The highest BCUT2D eigenvalue weighted by molar-refractivity contribution is 5.82. The van der Waals surface area contributed by atoms with Crippen LogP contribution in [-0.2, 0) is 47.4 Å². The van der Waals surface area contributed by atoms with Gasteiger partial charge in [0.05, 0.1) is 74.3 Å². The molecule has 15 heteroatoms. The molecule has 0 radical (unpaired) electrons. The van der Waals surface area contributed by atoms with Crippen LogP contribution in [0.15, 0.2) is 36.0 Å². The molecule has 0 amide bonds. The molecule has 61 heavy (non-hydrogen) atoms. The van der Waals surface area contributed by atoms with Gasteiger partial charge in [-0.05, 0) is 65.2 Å². The summed E-state index contributed by atoms with van der Waals surface area (Å²) in [6, 6.07) is 0. The molecule has 2 fully saturated rings. The molecule has 4 aliphatic heterocycles. The number of cyclic esters (lactones) is 1. The first-order valence-electron chi connectivity index (χ1n) is 22.3. The molecule has 2 bridgehead atoms. The Balaban J connectivity index is 1.63. The van der Waals surface area contributed by atoms with Crippen molar-refractivity contribution in [3.05, 3.63) is 36.0 Å². The van der Waals surface area contributed by atoms with Crippen molar-refractivity contribution >= 4 is 5.97 Å². The van der Waals surface area contributed by atoms with Gasteiger partial charge in [-0.3, -0.25) is 0 Å². The Morgan fingerprint density at radius 3 is 2.25 bits per heavy atom. The molecular formula is C46H78O15. The standard InChI is InChI=1S/C46H78O15/c1-27-13-16-34(60-45-44(52)43(51)38(48)26-57-45)20-31-11-10-12-32(59-31)22-39(55-8)37(25-47)40(56-9)23-36(54-7)24-46(5,61-41(49)18-14-27)30(4)42(50)28(2)15-17-33-21-35(53-6)19-29(3)58-33/h10-11,13-14,18,28-40,42-45,47-48,50-52H,12,15-17,19-26H2,1-9H3. The van der Waals surface area contributed by atoms with Crippen molar-refractivity contribution in [2.24, 2.45) is 17.8 Å². The van der Waals surface area contributed by atoms with Gasteiger partial charge < -0.3 is 68.2 Å². The Labute approximate surface area is 363 Å². The van der Waals surface area contributed by atoms with Crippen LogP contribution in [0.5, 0.6) is 0 Å². The van der Waals surface area contributed by atoms with Crippen LogP contribution in [0.4, 0.5) is 0 Å².